The normalized spacial score (nSPS) is 17.8. The number of ether oxygens (including phenoxy) is 1. The fourth-order valence-corrected chi connectivity index (χ4v) is 2.21. The largest absolute Gasteiger partial charge is 0.488 e. The summed E-state index contributed by atoms with van der Waals surface area (Å²) in [4.78, 5) is 11.9. The molecule has 0 amide bonds. The van der Waals surface area contributed by atoms with Crippen molar-refractivity contribution in [2.24, 2.45) is 0 Å². The van der Waals surface area contributed by atoms with E-state index in [0.29, 0.717) is 0 Å². The Morgan fingerprint density at radius 2 is 2.06 bits per heavy atom. The van der Waals surface area contributed by atoms with E-state index in [1.54, 1.807) is 13.8 Å². The third-order valence-corrected chi connectivity index (χ3v) is 2.81. The van der Waals surface area contributed by atoms with Crippen LogP contribution in [-0.2, 0) is 10.5 Å². The first-order valence-electron chi connectivity index (χ1n) is 5.17. The molecule has 0 saturated heterocycles. The summed E-state index contributed by atoms with van der Waals surface area (Å²) in [5.74, 6) is -0.506. The zero-order valence-electron chi connectivity index (χ0n) is 9.77. The number of carbonyl (C=O) groups is 1. The summed E-state index contributed by atoms with van der Waals surface area (Å²) < 4.78 is 43.2. The van der Waals surface area contributed by atoms with Crippen LogP contribution in [-0.4, -0.2) is 19.8 Å². The third-order valence-electron chi connectivity index (χ3n) is 2.43. The van der Waals surface area contributed by atoms with E-state index in [1.165, 1.54) is 18.2 Å². The maximum absolute atomic E-state index is 12.5. The second kappa shape index (κ2) is 3.94. The minimum atomic E-state index is -5.17. The second-order valence-electron chi connectivity index (χ2n) is 4.57. The van der Waals surface area contributed by atoms with E-state index in [9.17, 15) is 17.1 Å². The summed E-state index contributed by atoms with van der Waals surface area (Å²) in [5.41, 5.74) is -0.727. The Balaban J connectivity index is 2.52. The van der Waals surface area contributed by atoms with Gasteiger partial charge in [0, 0.05) is 0 Å². The Bertz CT molecular complexity index is 606. The van der Waals surface area contributed by atoms with Crippen molar-refractivity contribution < 1.29 is 26.0 Å². The van der Waals surface area contributed by atoms with Crippen LogP contribution in [0.25, 0.3) is 0 Å². The Morgan fingerprint density at radius 3 is 2.67 bits per heavy atom. The maximum atomic E-state index is 12.5. The lowest BCUT2D eigenvalue weighted by Gasteiger charge is -2.31. The van der Waals surface area contributed by atoms with Crippen LogP contribution in [0.4, 0.5) is 3.89 Å². The molecule has 0 bridgehead atoms. The van der Waals surface area contributed by atoms with E-state index in [1.807, 2.05) is 0 Å². The second-order valence-corrected chi connectivity index (χ2v) is 5.52. The molecule has 0 fully saturated rings. The summed E-state index contributed by atoms with van der Waals surface area (Å²) in [6.07, 6.45) is 0.0622. The fourth-order valence-electron chi connectivity index (χ4n) is 1.86. The SMILES string of the molecule is CC1(C)CC(=O)c2c(cccc2OS(=O)(=O)F)O1. The molecular weight excluding hydrogens is 263 g/mol. The molecule has 1 aromatic rings. The lowest BCUT2D eigenvalue weighted by atomic mass is 9.93. The minimum absolute atomic E-state index is 0.0435. The Kier molecular flexibility index (Phi) is 2.81. The molecule has 0 aromatic heterocycles. The molecule has 18 heavy (non-hydrogen) atoms. The molecule has 1 aliphatic heterocycles. The summed E-state index contributed by atoms with van der Waals surface area (Å²) in [6, 6.07) is 4.13. The average Bonchev–Trinajstić information content (AvgIpc) is 2.11. The van der Waals surface area contributed by atoms with E-state index in [2.05, 4.69) is 4.18 Å². The Morgan fingerprint density at radius 1 is 1.39 bits per heavy atom. The van der Waals surface area contributed by atoms with Crippen molar-refractivity contribution in [3.63, 3.8) is 0 Å². The van der Waals surface area contributed by atoms with E-state index in [4.69, 9.17) is 4.74 Å². The number of ketones is 1. The highest BCUT2D eigenvalue weighted by Crippen LogP contribution is 2.38. The van der Waals surface area contributed by atoms with Crippen molar-refractivity contribution in [3.05, 3.63) is 23.8 Å². The number of carbonyl (C=O) groups excluding carboxylic acids is 1. The van der Waals surface area contributed by atoms with Crippen molar-refractivity contribution in [2.75, 3.05) is 0 Å². The number of rotatable bonds is 2. The topological polar surface area (TPSA) is 69.7 Å². The standard InChI is InChI=1S/C11H11FO5S/c1-11(2)6-7(13)10-8(16-11)4-3-5-9(10)17-18(12,14)15/h3-5H,6H2,1-2H3. The first-order valence-corrected chi connectivity index (χ1v) is 6.48. The molecular formula is C11H11FO5S. The van der Waals surface area contributed by atoms with Gasteiger partial charge in [-0.1, -0.05) is 9.95 Å². The molecule has 5 nitrogen and oxygen atoms in total. The van der Waals surface area contributed by atoms with Crippen LogP contribution in [0.2, 0.25) is 0 Å². The van der Waals surface area contributed by atoms with E-state index in [-0.39, 0.29) is 29.3 Å². The van der Waals surface area contributed by atoms with Gasteiger partial charge >= 0.3 is 10.5 Å². The van der Waals surface area contributed by atoms with E-state index in [0.717, 1.165) is 0 Å². The van der Waals surface area contributed by atoms with Gasteiger partial charge in [0.15, 0.2) is 11.5 Å². The van der Waals surface area contributed by atoms with Crippen molar-refractivity contribution in [1.29, 1.82) is 0 Å². The van der Waals surface area contributed by atoms with Gasteiger partial charge in [0.05, 0.1) is 6.42 Å². The molecule has 0 N–H and O–H groups in total. The Hall–Kier alpha value is -1.63. The van der Waals surface area contributed by atoms with E-state index >= 15 is 0 Å². The molecule has 1 aromatic carbocycles. The van der Waals surface area contributed by atoms with Crippen LogP contribution in [0, 0.1) is 0 Å². The molecule has 7 heteroatoms. The number of benzene rings is 1. The maximum Gasteiger partial charge on any atom is 0.488 e. The minimum Gasteiger partial charge on any atom is -0.486 e. The van der Waals surface area contributed by atoms with Crippen LogP contribution >= 0.6 is 0 Å². The fraction of sp³-hybridized carbons (Fsp3) is 0.364. The molecule has 1 heterocycles. The lowest BCUT2D eigenvalue weighted by Crippen LogP contribution is -2.36. The van der Waals surface area contributed by atoms with Gasteiger partial charge in [-0.3, -0.25) is 4.79 Å². The van der Waals surface area contributed by atoms with Crippen LogP contribution < -0.4 is 8.92 Å². The highest BCUT2D eigenvalue weighted by Gasteiger charge is 2.35. The summed E-state index contributed by atoms with van der Waals surface area (Å²) in [5, 5.41) is 0. The third kappa shape index (κ3) is 2.61. The highest BCUT2D eigenvalue weighted by molar-refractivity contribution is 7.81. The number of Topliss-reactive ketones (excluding diaryl/α,β-unsaturated/α-hetero) is 1. The first-order chi connectivity index (χ1) is 8.18. The molecule has 2 rings (SSSR count). The molecule has 0 radical (unpaired) electrons. The Labute approximate surface area is 104 Å². The highest BCUT2D eigenvalue weighted by atomic mass is 32.3. The average molecular weight is 274 g/mol. The van der Waals surface area contributed by atoms with Crippen LogP contribution in [0.1, 0.15) is 30.6 Å². The van der Waals surface area contributed by atoms with Crippen LogP contribution in [0.3, 0.4) is 0 Å². The van der Waals surface area contributed by atoms with Crippen LogP contribution in [0.5, 0.6) is 11.5 Å². The van der Waals surface area contributed by atoms with E-state index < -0.39 is 16.1 Å². The summed E-state index contributed by atoms with van der Waals surface area (Å²) >= 11 is 0. The van der Waals surface area contributed by atoms with Crippen molar-refractivity contribution in [3.8, 4) is 11.5 Å². The number of hydrogen-bond acceptors (Lipinski definition) is 5. The molecule has 0 spiro atoms. The van der Waals surface area contributed by atoms with Gasteiger partial charge in [0.1, 0.15) is 16.9 Å². The molecule has 0 unspecified atom stereocenters. The van der Waals surface area contributed by atoms with Gasteiger partial charge in [0.25, 0.3) is 0 Å². The number of halogens is 1. The summed E-state index contributed by atoms with van der Waals surface area (Å²) in [6.45, 7) is 3.46. The van der Waals surface area contributed by atoms with Gasteiger partial charge in [0.2, 0.25) is 0 Å². The van der Waals surface area contributed by atoms with Crippen molar-refractivity contribution in [2.45, 2.75) is 25.9 Å². The van der Waals surface area contributed by atoms with Gasteiger partial charge in [-0.25, -0.2) is 0 Å². The van der Waals surface area contributed by atoms with Crippen LogP contribution in [0.15, 0.2) is 18.2 Å². The van der Waals surface area contributed by atoms with Gasteiger partial charge < -0.3 is 8.92 Å². The molecule has 0 atom stereocenters. The molecule has 0 saturated carbocycles. The molecule has 0 aliphatic carbocycles. The predicted octanol–water partition coefficient (Wildman–Crippen LogP) is 2.02. The molecule has 1 aliphatic rings. The zero-order valence-corrected chi connectivity index (χ0v) is 10.6. The quantitative estimate of drug-likeness (QED) is 0.772. The lowest BCUT2D eigenvalue weighted by molar-refractivity contribution is 0.0617. The summed E-state index contributed by atoms with van der Waals surface area (Å²) in [7, 11) is -5.17. The van der Waals surface area contributed by atoms with Gasteiger partial charge in [-0.2, -0.15) is 8.42 Å². The number of fused-ring (bicyclic) bond motifs is 1. The zero-order chi connectivity index (χ0) is 13.6. The van der Waals surface area contributed by atoms with Crippen molar-refractivity contribution >= 4 is 16.3 Å². The predicted molar refractivity (Wildman–Crippen MR) is 60.8 cm³/mol. The number of hydrogen-bond donors (Lipinski definition) is 0. The van der Waals surface area contributed by atoms with Gasteiger partial charge in [-0.15, -0.1) is 0 Å². The van der Waals surface area contributed by atoms with Gasteiger partial charge in [-0.05, 0) is 26.0 Å². The smallest absolute Gasteiger partial charge is 0.486 e. The first kappa shape index (κ1) is 12.8. The monoisotopic (exact) mass is 274 g/mol. The van der Waals surface area contributed by atoms with Crippen molar-refractivity contribution in [1.82, 2.24) is 0 Å². The molecule has 98 valence electrons.